The molecule has 0 saturated carbocycles. The van der Waals surface area contributed by atoms with Gasteiger partial charge in [-0.2, -0.15) is 5.26 Å². The molecule has 0 aliphatic heterocycles. The minimum absolute atomic E-state index is 0.624. The molecule has 1 aromatic carbocycles. The zero-order chi connectivity index (χ0) is 11.5. The standard InChI is InChI=1S/C10H7BrN4S/c1-15-6-13-14-10(15)16-9-3-7(5-12)2-8(11)4-9/h2-4,6H,1H3. The third-order valence-electron chi connectivity index (χ3n) is 1.88. The quantitative estimate of drug-likeness (QED) is 0.854. The first-order chi connectivity index (χ1) is 7.69. The van der Waals surface area contributed by atoms with Crippen molar-refractivity contribution >= 4 is 27.7 Å². The molecule has 0 saturated heterocycles. The highest BCUT2D eigenvalue weighted by Gasteiger charge is 2.05. The molecule has 0 atom stereocenters. The zero-order valence-electron chi connectivity index (χ0n) is 8.38. The number of rotatable bonds is 2. The Hall–Kier alpha value is -1.32. The summed E-state index contributed by atoms with van der Waals surface area (Å²) in [6.07, 6.45) is 1.64. The van der Waals surface area contributed by atoms with Crippen LogP contribution in [0.2, 0.25) is 0 Å². The van der Waals surface area contributed by atoms with E-state index >= 15 is 0 Å². The molecule has 16 heavy (non-hydrogen) atoms. The number of halogens is 1. The van der Waals surface area contributed by atoms with Gasteiger partial charge in [0.05, 0.1) is 11.6 Å². The van der Waals surface area contributed by atoms with Gasteiger partial charge in [-0.05, 0) is 30.0 Å². The van der Waals surface area contributed by atoms with Gasteiger partial charge in [0.2, 0.25) is 0 Å². The predicted molar refractivity (Wildman–Crippen MR) is 64.0 cm³/mol. The predicted octanol–water partition coefficient (Wildman–Crippen LogP) is 2.60. The highest BCUT2D eigenvalue weighted by molar-refractivity contribution is 9.10. The molecule has 0 unspecified atom stereocenters. The molecule has 4 nitrogen and oxygen atoms in total. The number of nitriles is 1. The topological polar surface area (TPSA) is 54.5 Å². The lowest BCUT2D eigenvalue weighted by molar-refractivity contribution is 0.788. The highest BCUT2D eigenvalue weighted by Crippen LogP contribution is 2.28. The number of hydrogen-bond acceptors (Lipinski definition) is 4. The number of aryl methyl sites for hydroxylation is 1. The summed E-state index contributed by atoms with van der Waals surface area (Å²) < 4.78 is 2.72. The van der Waals surface area contributed by atoms with Crippen molar-refractivity contribution in [1.29, 1.82) is 5.26 Å². The van der Waals surface area contributed by atoms with Crippen LogP contribution in [0.3, 0.4) is 0 Å². The van der Waals surface area contributed by atoms with Crippen molar-refractivity contribution in [3.63, 3.8) is 0 Å². The summed E-state index contributed by atoms with van der Waals surface area (Å²) in [6, 6.07) is 7.66. The van der Waals surface area contributed by atoms with Crippen LogP contribution in [0.15, 0.2) is 39.1 Å². The van der Waals surface area contributed by atoms with Crippen molar-refractivity contribution < 1.29 is 0 Å². The zero-order valence-corrected chi connectivity index (χ0v) is 10.8. The molecule has 0 spiro atoms. The lowest BCUT2D eigenvalue weighted by atomic mass is 10.2. The fraction of sp³-hybridized carbons (Fsp3) is 0.100. The maximum absolute atomic E-state index is 8.85. The third-order valence-corrected chi connectivity index (χ3v) is 3.36. The minimum Gasteiger partial charge on any atom is -0.311 e. The van der Waals surface area contributed by atoms with E-state index in [1.807, 2.05) is 23.7 Å². The van der Waals surface area contributed by atoms with Crippen molar-refractivity contribution in [2.24, 2.45) is 7.05 Å². The molecular formula is C10H7BrN4S. The van der Waals surface area contributed by atoms with E-state index in [-0.39, 0.29) is 0 Å². The molecule has 6 heteroatoms. The molecule has 0 radical (unpaired) electrons. The van der Waals surface area contributed by atoms with Crippen LogP contribution in [-0.4, -0.2) is 14.8 Å². The summed E-state index contributed by atoms with van der Waals surface area (Å²) in [7, 11) is 1.88. The van der Waals surface area contributed by atoms with E-state index in [0.717, 1.165) is 14.5 Å². The molecular weight excluding hydrogens is 288 g/mol. The Morgan fingerprint density at radius 2 is 2.25 bits per heavy atom. The maximum atomic E-state index is 8.85. The first kappa shape index (κ1) is 11.2. The van der Waals surface area contributed by atoms with Crippen molar-refractivity contribution in [3.05, 3.63) is 34.6 Å². The van der Waals surface area contributed by atoms with Crippen LogP contribution >= 0.6 is 27.7 Å². The summed E-state index contributed by atoms with van der Waals surface area (Å²) in [5.41, 5.74) is 0.624. The van der Waals surface area contributed by atoms with Gasteiger partial charge in [-0.1, -0.05) is 15.9 Å². The van der Waals surface area contributed by atoms with E-state index in [1.165, 1.54) is 11.8 Å². The van der Waals surface area contributed by atoms with E-state index in [9.17, 15) is 0 Å². The smallest absolute Gasteiger partial charge is 0.195 e. The van der Waals surface area contributed by atoms with Gasteiger partial charge in [-0.3, -0.25) is 0 Å². The molecule has 1 aromatic heterocycles. The SMILES string of the molecule is Cn1cnnc1Sc1cc(Br)cc(C#N)c1. The molecule has 2 rings (SSSR count). The van der Waals surface area contributed by atoms with Gasteiger partial charge in [0.1, 0.15) is 6.33 Å². The summed E-state index contributed by atoms with van der Waals surface area (Å²) in [4.78, 5) is 0.960. The summed E-state index contributed by atoms with van der Waals surface area (Å²) >= 11 is 4.84. The second kappa shape index (κ2) is 4.68. The van der Waals surface area contributed by atoms with Crippen LogP contribution in [0.5, 0.6) is 0 Å². The first-order valence-corrected chi connectivity index (χ1v) is 6.02. The number of hydrogen-bond donors (Lipinski definition) is 0. The second-order valence-electron chi connectivity index (χ2n) is 3.11. The van der Waals surface area contributed by atoms with Crippen molar-refractivity contribution in [3.8, 4) is 6.07 Å². The van der Waals surface area contributed by atoms with E-state index in [2.05, 4.69) is 32.2 Å². The van der Waals surface area contributed by atoms with E-state index in [4.69, 9.17) is 5.26 Å². The van der Waals surface area contributed by atoms with Crippen LogP contribution in [-0.2, 0) is 7.05 Å². The van der Waals surface area contributed by atoms with Gasteiger partial charge >= 0.3 is 0 Å². The van der Waals surface area contributed by atoms with Crippen LogP contribution in [0.4, 0.5) is 0 Å². The molecule has 80 valence electrons. The average Bonchev–Trinajstić information content (AvgIpc) is 2.63. The van der Waals surface area contributed by atoms with Gasteiger partial charge in [0, 0.05) is 16.4 Å². The Bertz CT molecular complexity index is 558. The number of nitrogens with zero attached hydrogens (tertiary/aromatic N) is 4. The molecule has 0 N–H and O–H groups in total. The molecule has 0 fully saturated rings. The van der Waals surface area contributed by atoms with E-state index < -0.39 is 0 Å². The fourth-order valence-corrected chi connectivity index (χ4v) is 2.66. The number of aromatic nitrogens is 3. The summed E-state index contributed by atoms with van der Waals surface area (Å²) in [5, 5.41) is 17.4. The Morgan fingerprint density at radius 1 is 1.44 bits per heavy atom. The van der Waals surface area contributed by atoms with Crippen molar-refractivity contribution in [2.75, 3.05) is 0 Å². The van der Waals surface area contributed by atoms with Crippen molar-refractivity contribution in [2.45, 2.75) is 10.1 Å². The second-order valence-corrected chi connectivity index (χ2v) is 5.07. The molecule has 0 aliphatic rings. The van der Waals surface area contributed by atoms with Crippen molar-refractivity contribution in [1.82, 2.24) is 14.8 Å². The highest BCUT2D eigenvalue weighted by atomic mass is 79.9. The molecule has 2 aromatic rings. The molecule has 0 bridgehead atoms. The van der Waals surface area contributed by atoms with E-state index in [0.29, 0.717) is 5.56 Å². The van der Waals surface area contributed by atoms with Gasteiger partial charge in [-0.15, -0.1) is 10.2 Å². The fourth-order valence-electron chi connectivity index (χ4n) is 1.16. The first-order valence-electron chi connectivity index (χ1n) is 4.41. The lowest BCUT2D eigenvalue weighted by Crippen LogP contribution is -1.88. The van der Waals surface area contributed by atoms with Gasteiger partial charge < -0.3 is 4.57 Å². The Morgan fingerprint density at radius 3 is 2.88 bits per heavy atom. The normalized spacial score (nSPS) is 10.1. The van der Waals surface area contributed by atoms with E-state index in [1.54, 1.807) is 12.4 Å². The average molecular weight is 295 g/mol. The molecule has 1 heterocycles. The van der Waals surface area contributed by atoms with Crippen LogP contribution in [0.1, 0.15) is 5.56 Å². The molecule has 0 amide bonds. The molecule has 0 aliphatic carbocycles. The Labute approximate surface area is 105 Å². The monoisotopic (exact) mass is 294 g/mol. The lowest BCUT2D eigenvalue weighted by Gasteiger charge is -2.01. The third kappa shape index (κ3) is 2.43. The van der Waals surface area contributed by atoms with Gasteiger partial charge in [0.15, 0.2) is 5.16 Å². The minimum atomic E-state index is 0.624. The summed E-state index contributed by atoms with van der Waals surface area (Å²) in [6.45, 7) is 0. The number of benzene rings is 1. The van der Waals surface area contributed by atoms with Gasteiger partial charge in [-0.25, -0.2) is 0 Å². The van der Waals surface area contributed by atoms with Crippen LogP contribution in [0, 0.1) is 11.3 Å². The summed E-state index contributed by atoms with van der Waals surface area (Å²) in [5.74, 6) is 0. The Kier molecular flexibility index (Phi) is 3.27. The van der Waals surface area contributed by atoms with Gasteiger partial charge in [0.25, 0.3) is 0 Å². The maximum Gasteiger partial charge on any atom is 0.195 e. The van der Waals surface area contributed by atoms with Crippen LogP contribution < -0.4 is 0 Å². The largest absolute Gasteiger partial charge is 0.311 e. The Balaban J connectivity index is 2.32. The van der Waals surface area contributed by atoms with Crippen LogP contribution in [0.25, 0.3) is 0 Å².